The van der Waals surface area contributed by atoms with Gasteiger partial charge in [-0.15, -0.1) is 0 Å². The summed E-state index contributed by atoms with van der Waals surface area (Å²) in [7, 11) is 0. The minimum Gasteiger partial charge on any atom is -0.369 e. The molecule has 6 heteroatoms. The van der Waals surface area contributed by atoms with Gasteiger partial charge in [0.2, 0.25) is 5.91 Å². The molecule has 5 nitrogen and oxygen atoms in total. The second kappa shape index (κ2) is 7.96. The van der Waals surface area contributed by atoms with Crippen LogP contribution in [0.15, 0.2) is 58.5 Å². The molecule has 0 saturated carbocycles. The van der Waals surface area contributed by atoms with Crippen molar-refractivity contribution in [2.45, 2.75) is 43.5 Å². The van der Waals surface area contributed by atoms with E-state index < -0.39 is 11.2 Å². The quantitative estimate of drug-likeness (QED) is 0.519. The van der Waals surface area contributed by atoms with Gasteiger partial charge in [-0.3, -0.25) is 14.2 Å². The maximum atomic E-state index is 13.2. The molecular formula is C21H23N3O2S. The molecule has 2 atom stereocenters. The summed E-state index contributed by atoms with van der Waals surface area (Å²) < 4.78 is 1.56. The zero-order valence-electron chi connectivity index (χ0n) is 15.7. The number of amides is 1. The van der Waals surface area contributed by atoms with Gasteiger partial charge in [-0.05, 0) is 49.1 Å². The zero-order valence-corrected chi connectivity index (χ0v) is 16.5. The predicted octanol–water partition coefficient (Wildman–Crippen LogP) is 3.87. The molecule has 0 aliphatic carbocycles. The number of para-hydroxylation sites is 1. The first-order valence-electron chi connectivity index (χ1n) is 9.00. The second-order valence-electron chi connectivity index (χ2n) is 6.62. The maximum Gasteiger partial charge on any atom is 0.266 e. The molecule has 0 spiro atoms. The van der Waals surface area contributed by atoms with Gasteiger partial charge in [0.1, 0.15) is 0 Å². The molecule has 0 unspecified atom stereocenters. The first-order valence-corrected chi connectivity index (χ1v) is 9.88. The number of fused-ring (bicyclic) bond motifs is 1. The normalized spacial score (nSPS) is 13.4. The Bertz CT molecular complexity index is 1030. The fraction of sp³-hybridized carbons (Fsp3) is 0.286. The number of hydrogen-bond acceptors (Lipinski definition) is 4. The number of aromatic nitrogens is 2. The number of nitrogens with zero attached hydrogens (tertiary/aromatic N) is 2. The minimum absolute atomic E-state index is 0.156. The number of hydrogen-bond donors (Lipinski definition) is 1. The highest BCUT2D eigenvalue weighted by atomic mass is 32.2. The Balaban J connectivity index is 2.18. The Labute approximate surface area is 162 Å². The minimum atomic E-state index is -0.497. The highest BCUT2D eigenvalue weighted by Crippen LogP contribution is 2.26. The van der Waals surface area contributed by atoms with Crippen molar-refractivity contribution in [2.75, 3.05) is 0 Å². The number of benzene rings is 2. The predicted molar refractivity (Wildman–Crippen MR) is 111 cm³/mol. The van der Waals surface area contributed by atoms with Crippen molar-refractivity contribution in [3.8, 4) is 5.69 Å². The Kier molecular flexibility index (Phi) is 5.65. The summed E-state index contributed by atoms with van der Waals surface area (Å²) in [6.45, 7) is 6.04. The number of carbonyl (C=O) groups excluding carboxylic acids is 1. The van der Waals surface area contributed by atoms with Gasteiger partial charge in [-0.2, -0.15) is 0 Å². The Hall–Kier alpha value is -2.60. The first-order chi connectivity index (χ1) is 12.9. The first kappa shape index (κ1) is 19.2. The Morgan fingerprint density at radius 1 is 1.15 bits per heavy atom. The lowest BCUT2D eigenvalue weighted by molar-refractivity contribution is -0.117. The fourth-order valence-corrected chi connectivity index (χ4v) is 3.70. The molecule has 0 fully saturated rings. The van der Waals surface area contributed by atoms with Crippen LogP contribution in [-0.2, 0) is 4.79 Å². The molecule has 140 valence electrons. The lowest BCUT2D eigenvalue weighted by Gasteiger charge is -2.16. The molecular weight excluding hydrogens is 358 g/mol. The zero-order chi connectivity index (χ0) is 19.6. The van der Waals surface area contributed by atoms with Gasteiger partial charge >= 0.3 is 0 Å². The third kappa shape index (κ3) is 3.90. The van der Waals surface area contributed by atoms with Crippen LogP contribution in [0, 0.1) is 0 Å². The standard InChI is InChI=1S/C21H23N3O2S/c1-4-13(2)15-9-11-16(12-10-15)24-20(26)17-7-5-6-8-18(17)23-21(24)27-14(3)19(22)25/h5-14H,4H2,1-3H3,(H2,22,25)/t13-,14-/m0/s1. The van der Waals surface area contributed by atoms with E-state index in [2.05, 4.69) is 18.8 Å². The average Bonchev–Trinajstić information content (AvgIpc) is 2.68. The van der Waals surface area contributed by atoms with Gasteiger partial charge in [0, 0.05) is 0 Å². The molecule has 1 heterocycles. The second-order valence-corrected chi connectivity index (χ2v) is 7.92. The molecule has 0 saturated heterocycles. The van der Waals surface area contributed by atoms with Crippen molar-refractivity contribution in [2.24, 2.45) is 5.73 Å². The van der Waals surface area contributed by atoms with Gasteiger partial charge in [-0.25, -0.2) is 4.98 Å². The topological polar surface area (TPSA) is 78.0 Å². The molecule has 1 amide bonds. The Morgan fingerprint density at radius 3 is 2.44 bits per heavy atom. The summed E-state index contributed by atoms with van der Waals surface area (Å²) in [5, 5.41) is 0.504. The van der Waals surface area contributed by atoms with Crippen LogP contribution in [0.1, 0.15) is 38.7 Å². The van der Waals surface area contributed by atoms with E-state index in [9.17, 15) is 9.59 Å². The summed E-state index contributed by atoms with van der Waals surface area (Å²) >= 11 is 1.19. The van der Waals surface area contributed by atoms with E-state index >= 15 is 0 Å². The molecule has 0 aliphatic rings. The van der Waals surface area contributed by atoms with Crippen LogP contribution in [-0.4, -0.2) is 20.7 Å². The number of nitrogens with two attached hydrogens (primary N) is 1. The van der Waals surface area contributed by atoms with Crippen molar-refractivity contribution in [3.05, 3.63) is 64.4 Å². The van der Waals surface area contributed by atoms with E-state index in [1.807, 2.05) is 36.4 Å². The fourth-order valence-electron chi connectivity index (χ4n) is 2.82. The summed E-state index contributed by atoms with van der Waals surface area (Å²) in [5.41, 5.74) is 7.82. The van der Waals surface area contributed by atoms with E-state index in [0.29, 0.717) is 22.0 Å². The lowest BCUT2D eigenvalue weighted by atomic mass is 9.98. The Morgan fingerprint density at radius 2 is 1.81 bits per heavy atom. The number of carbonyl (C=O) groups is 1. The van der Waals surface area contributed by atoms with Crippen LogP contribution in [0.4, 0.5) is 0 Å². The van der Waals surface area contributed by atoms with Crippen molar-refractivity contribution >= 4 is 28.6 Å². The van der Waals surface area contributed by atoms with E-state index in [1.54, 1.807) is 23.6 Å². The van der Waals surface area contributed by atoms with Gasteiger partial charge in [0.05, 0.1) is 21.8 Å². The average molecular weight is 382 g/mol. The third-order valence-electron chi connectivity index (χ3n) is 4.76. The molecule has 1 aromatic heterocycles. The van der Waals surface area contributed by atoms with E-state index in [0.717, 1.165) is 12.1 Å². The molecule has 2 aromatic carbocycles. The molecule has 0 aliphatic heterocycles. The molecule has 0 bridgehead atoms. The van der Waals surface area contributed by atoms with E-state index in [-0.39, 0.29) is 5.56 Å². The van der Waals surface area contributed by atoms with Crippen LogP contribution in [0.3, 0.4) is 0 Å². The van der Waals surface area contributed by atoms with Crippen LogP contribution >= 0.6 is 11.8 Å². The molecule has 3 aromatic rings. The van der Waals surface area contributed by atoms with E-state index in [1.165, 1.54) is 17.3 Å². The van der Waals surface area contributed by atoms with Crippen LogP contribution in [0.25, 0.3) is 16.6 Å². The molecule has 2 N–H and O–H groups in total. The number of rotatable bonds is 6. The van der Waals surface area contributed by atoms with Crippen molar-refractivity contribution in [1.82, 2.24) is 9.55 Å². The smallest absolute Gasteiger partial charge is 0.266 e. The molecule has 3 rings (SSSR count). The van der Waals surface area contributed by atoms with Gasteiger partial charge in [0.25, 0.3) is 5.56 Å². The van der Waals surface area contributed by atoms with Gasteiger partial charge in [-0.1, -0.05) is 49.9 Å². The van der Waals surface area contributed by atoms with Crippen molar-refractivity contribution in [3.63, 3.8) is 0 Å². The summed E-state index contributed by atoms with van der Waals surface area (Å²) in [4.78, 5) is 29.3. The summed E-state index contributed by atoms with van der Waals surface area (Å²) in [6, 6.07) is 15.2. The van der Waals surface area contributed by atoms with Crippen molar-refractivity contribution < 1.29 is 4.79 Å². The summed E-state index contributed by atoms with van der Waals surface area (Å²) in [5.74, 6) is 0.00954. The van der Waals surface area contributed by atoms with Crippen LogP contribution < -0.4 is 11.3 Å². The number of thioether (sulfide) groups is 1. The van der Waals surface area contributed by atoms with Gasteiger partial charge < -0.3 is 5.73 Å². The lowest BCUT2D eigenvalue weighted by Crippen LogP contribution is -2.26. The van der Waals surface area contributed by atoms with Crippen LogP contribution in [0.2, 0.25) is 0 Å². The summed E-state index contributed by atoms with van der Waals surface area (Å²) in [6.07, 6.45) is 1.05. The maximum absolute atomic E-state index is 13.2. The van der Waals surface area contributed by atoms with E-state index in [4.69, 9.17) is 5.73 Å². The SMILES string of the molecule is CC[C@H](C)c1ccc(-n2c(S[C@@H](C)C(N)=O)nc3ccccc3c2=O)cc1. The number of primary amides is 1. The molecule has 27 heavy (non-hydrogen) atoms. The highest BCUT2D eigenvalue weighted by Gasteiger charge is 2.18. The monoisotopic (exact) mass is 381 g/mol. The van der Waals surface area contributed by atoms with Crippen molar-refractivity contribution in [1.29, 1.82) is 0 Å². The highest BCUT2D eigenvalue weighted by molar-refractivity contribution is 8.00. The molecule has 0 radical (unpaired) electrons. The van der Waals surface area contributed by atoms with Crippen LogP contribution in [0.5, 0.6) is 0 Å². The third-order valence-corrected chi connectivity index (χ3v) is 5.83. The van der Waals surface area contributed by atoms with Gasteiger partial charge in [0.15, 0.2) is 5.16 Å². The largest absolute Gasteiger partial charge is 0.369 e.